The molecule has 0 unspecified atom stereocenters. The van der Waals surface area contributed by atoms with Crippen molar-refractivity contribution in [3.63, 3.8) is 0 Å². The van der Waals surface area contributed by atoms with Crippen molar-refractivity contribution in [3.05, 3.63) is 218 Å². The van der Waals surface area contributed by atoms with E-state index in [0.29, 0.717) is 11.4 Å². The summed E-state index contributed by atoms with van der Waals surface area (Å²) in [6.45, 7) is 10.6. The molecule has 0 fully saturated rings. The van der Waals surface area contributed by atoms with Crippen LogP contribution in [0.4, 0.5) is 0 Å². The molecule has 0 aliphatic carbocycles. The van der Waals surface area contributed by atoms with Gasteiger partial charge in [0.15, 0.2) is 0 Å². The molecule has 8 aromatic carbocycles. The summed E-state index contributed by atoms with van der Waals surface area (Å²) in [5.74, 6) is -0.178. The molecule has 0 atom stereocenters. The molecule has 10 rings (SSSR count). The number of aromatic hydroxyl groups is 1. The average molecular weight is 1040 g/mol. The van der Waals surface area contributed by atoms with Crippen LogP contribution in [0.5, 0.6) is 5.75 Å². The minimum Gasteiger partial charge on any atom is -0.507 e. The smallest absolute Gasteiger partial charge is 0.148 e. The third kappa shape index (κ3) is 8.58. The Hall–Kier alpha value is -7.13. The Kier molecular flexibility index (Phi) is 11.9. The van der Waals surface area contributed by atoms with E-state index < -0.39 is 5.89 Å². The van der Waals surface area contributed by atoms with Crippen LogP contribution < -0.4 is 0 Å². The predicted molar refractivity (Wildman–Crippen MR) is 270 cm³/mol. The average Bonchev–Trinajstić information content (AvgIpc) is 3.73. The van der Waals surface area contributed by atoms with Gasteiger partial charge in [0.05, 0.1) is 22.3 Å². The van der Waals surface area contributed by atoms with Crippen LogP contribution in [0, 0.1) is 6.07 Å². The Bertz CT molecular complexity index is 3370. The van der Waals surface area contributed by atoms with Gasteiger partial charge in [0.25, 0.3) is 0 Å². The number of fused-ring (bicyclic) bond motifs is 1. The van der Waals surface area contributed by atoms with Gasteiger partial charge in [-0.3, -0.25) is 9.55 Å². The molecule has 2 heterocycles. The number of para-hydroxylation sites is 2. The Morgan fingerprint density at radius 1 is 0.545 bits per heavy atom. The Labute approximate surface area is 404 Å². The van der Waals surface area contributed by atoms with Gasteiger partial charge >= 0.3 is 0 Å². The van der Waals surface area contributed by atoms with E-state index in [1.807, 2.05) is 80.7 Å². The van der Waals surface area contributed by atoms with Crippen LogP contribution in [0.3, 0.4) is 0 Å². The fourth-order valence-electron chi connectivity index (χ4n) is 8.83. The van der Waals surface area contributed by atoms with E-state index in [1.165, 1.54) is 11.1 Å². The van der Waals surface area contributed by atoms with Gasteiger partial charge in [0.1, 0.15) is 11.6 Å². The number of hydrogen-bond donors (Lipinski definition) is 1. The van der Waals surface area contributed by atoms with Crippen LogP contribution in [0.2, 0.25) is 0 Å². The molecule has 4 nitrogen and oxygen atoms in total. The number of aromatic nitrogens is 3. The largest absolute Gasteiger partial charge is 0.507 e. The first-order valence-corrected chi connectivity index (χ1v) is 22.2. The topological polar surface area (TPSA) is 50.9 Å². The Morgan fingerprint density at radius 3 is 1.74 bits per heavy atom. The first-order chi connectivity index (χ1) is 31.9. The summed E-state index contributed by atoms with van der Waals surface area (Å²) in [4.78, 5) is 10.4. The third-order valence-corrected chi connectivity index (χ3v) is 12.3. The van der Waals surface area contributed by atoms with Crippen molar-refractivity contribution < 1.29 is 27.5 Å². The van der Waals surface area contributed by atoms with Crippen molar-refractivity contribution in [2.75, 3.05) is 0 Å². The maximum absolute atomic E-state index is 11.6. The summed E-state index contributed by atoms with van der Waals surface area (Å²) < 4.78 is 11.6. The maximum Gasteiger partial charge on any atom is 0.148 e. The van der Waals surface area contributed by atoms with Gasteiger partial charge in [-0.25, -0.2) is 4.98 Å². The van der Waals surface area contributed by atoms with E-state index in [4.69, 9.17) is 9.97 Å². The van der Waals surface area contributed by atoms with Crippen molar-refractivity contribution in [2.24, 2.45) is 0 Å². The van der Waals surface area contributed by atoms with Crippen LogP contribution in [0.1, 0.15) is 53.0 Å². The first kappa shape index (κ1) is 42.8. The van der Waals surface area contributed by atoms with Crippen molar-refractivity contribution in [1.82, 2.24) is 14.5 Å². The molecule has 66 heavy (non-hydrogen) atoms. The van der Waals surface area contributed by atoms with Crippen LogP contribution in [0.15, 0.2) is 200 Å². The number of pyridine rings is 1. The summed E-state index contributed by atoms with van der Waals surface area (Å²) in [5.41, 5.74) is 17.0. The number of rotatable bonds is 9. The van der Waals surface area contributed by atoms with Crippen molar-refractivity contribution in [1.29, 1.82) is 0 Å². The molecule has 5 heteroatoms. The van der Waals surface area contributed by atoms with E-state index in [0.717, 1.165) is 83.6 Å². The summed E-state index contributed by atoms with van der Waals surface area (Å²) in [5, 5.41) is 11.6. The quantitative estimate of drug-likeness (QED) is 0.147. The summed E-state index contributed by atoms with van der Waals surface area (Å²) in [6, 6.07) is 70.4. The standard InChI is InChI=1S/C61H50N3O.Pt/c1-40(2)52-38-54(45-22-13-8-14-23-45)57(39-53(52)44-20-11-7-12-21-44)64-56-26-17-25-50(59(56)63-60(64)51-24-15-16-27-58(51)65)47-34-48(36-49(35-47)61(3,4)5)55-37-46(32-33-62-55)43-30-28-42(29-31-43)41-18-9-6-10-19-41;/h6-33,35-40,65H,1-5H3;/q-1;/i40D;. The van der Waals surface area contributed by atoms with Gasteiger partial charge in [-0.05, 0) is 92.2 Å². The van der Waals surface area contributed by atoms with Gasteiger partial charge in [-0.1, -0.05) is 191 Å². The maximum atomic E-state index is 11.6. The number of phenolic OH excluding ortho intramolecular Hbond substituents is 1. The Balaban J connectivity index is 0.00000562. The van der Waals surface area contributed by atoms with Crippen LogP contribution in [-0.4, -0.2) is 19.6 Å². The minimum atomic E-state index is -0.912. The number of imidazole rings is 1. The second-order valence-electron chi connectivity index (χ2n) is 17.9. The molecule has 0 aliphatic heterocycles. The second-order valence-corrected chi connectivity index (χ2v) is 17.9. The molecule has 326 valence electrons. The molecular formula is C61H50N3OPt-. The van der Waals surface area contributed by atoms with E-state index in [-0.39, 0.29) is 32.2 Å². The molecule has 0 saturated carbocycles. The molecule has 1 N–H and O–H groups in total. The number of nitrogens with zero attached hydrogens (tertiary/aromatic N) is 3. The molecule has 0 aliphatic rings. The molecular weight excluding hydrogens is 986 g/mol. The van der Waals surface area contributed by atoms with Crippen LogP contribution in [-0.2, 0) is 26.5 Å². The van der Waals surface area contributed by atoms with Gasteiger partial charge in [0.2, 0.25) is 0 Å². The Morgan fingerprint density at radius 2 is 1.11 bits per heavy atom. The molecule has 0 spiro atoms. The zero-order chi connectivity index (χ0) is 45.6. The van der Waals surface area contributed by atoms with Crippen LogP contribution in [0.25, 0.3) is 95.0 Å². The summed E-state index contributed by atoms with van der Waals surface area (Å²) in [7, 11) is 0. The molecule has 2 aromatic heterocycles. The summed E-state index contributed by atoms with van der Waals surface area (Å²) >= 11 is 0. The molecule has 0 saturated heterocycles. The van der Waals surface area contributed by atoms with Gasteiger partial charge in [-0.15, -0.1) is 29.3 Å². The normalized spacial score (nSPS) is 11.9. The first-order valence-electron chi connectivity index (χ1n) is 22.7. The van der Waals surface area contributed by atoms with Crippen LogP contribution >= 0.6 is 0 Å². The number of benzene rings is 8. The SMILES string of the molecule is [2H]C(C)(C)c1cc(-c2ccccc2)c(-n2c(-c3ccccc3O)nc3c(-c4[c-]c(-c5cc(-c6ccc(-c7ccccc7)cc6)ccn5)cc(C(C)(C)C)c4)cccc32)cc1-c1ccccc1.[Pt]. The van der Waals surface area contributed by atoms with Crippen molar-refractivity contribution >= 4 is 11.0 Å². The fourth-order valence-corrected chi connectivity index (χ4v) is 8.83. The molecule has 10 aromatic rings. The van der Waals surface area contributed by atoms with Gasteiger partial charge < -0.3 is 5.11 Å². The third-order valence-electron chi connectivity index (χ3n) is 12.3. The second kappa shape index (κ2) is 18.4. The molecule has 0 radical (unpaired) electrons. The van der Waals surface area contributed by atoms with Gasteiger partial charge in [0, 0.05) is 39.9 Å². The van der Waals surface area contributed by atoms with E-state index in [9.17, 15) is 6.48 Å². The van der Waals surface area contributed by atoms with E-state index in [2.05, 4.69) is 159 Å². The number of hydrogen-bond acceptors (Lipinski definition) is 3. The minimum absolute atomic E-state index is 0. The van der Waals surface area contributed by atoms with Crippen molar-refractivity contribution in [2.45, 2.75) is 45.9 Å². The monoisotopic (exact) mass is 1040 g/mol. The summed E-state index contributed by atoms with van der Waals surface area (Å²) in [6.07, 6.45) is 1.88. The number of phenols is 1. The van der Waals surface area contributed by atoms with Gasteiger partial charge in [-0.2, -0.15) is 0 Å². The molecule has 0 amide bonds. The van der Waals surface area contributed by atoms with E-state index in [1.54, 1.807) is 6.07 Å². The zero-order valence-corrected chi connectivity index (χ0v) is 39.9. The van der Waals surface area contributed by atoms with Crippen molar-refractivity contribution in [3.8, 4) is 89.7 Å². The van der Waals surface area contributed by atoms with E-state index >= 15 is 0 Å². The zero-order valence-electron chi connectivity index (χ0n) is 38.7. The predicted octanol–water partition coefficient (Wildman–Crippen LogP) is 16.0. The molecule has 0 bridgehead atoms. The fraction of sp³-hybridized carbons (Fsp3) is 0.115.